The second-order valence-electron chi connectivity index (χ2n) is 7.73. The topological polar surface area (TPSA) is 87.2 Å². The zero-order valence-electron chi connectivity index (χ0n) is 17.5. The summed E-state index contributed by atoms with van der Waals surface area (Å²) in [6.07, 6.45) is 0.706. The predicted octanol–water partition coefficient (Wildman–Crippen LogP) is 2.60. The van der Waals surface area contributed by atoms with Crippen LogP contribution in [0.15, 0.2) is 18.2 Å². The van der Waals surface area contributed by atoms with Crippen LogP contribution in [0.4, 0.5) is 4.79 Å². The SMILES string of the molecule is CCOC(=O)N1CCC(N2CC(C(=O)N(C)Cc3ccc(Cl)c(Cl)c3)C(=O)C2=O)CC1. The Morgan fingerprint density at radius 1 is 1.16 bits per heavy atom. The van der Waals surface area contributed by atoms with Crippen molar-refractivity contribution in [1.82, 2.24) is 14.7 Å². The summed E-state index contributed by atoms with van der Waals surface area (Å²) in [5, 5.41) is 0.799. The lowest BCUT2D eigenvalue weighted by Gasteiger charge is -2.35. The van der Waals surface area contributed by atoms with Crippen LogP contribution in [0.1, 0.15) is 25.3 Å². The average molecular weight is 470 g/mol. The van der Waals surface area contributed by atoms with E-state index in [1.165, 1.54) is 9.80 Å². The highest BCUT2D eigenvalue weighted by Gasteiger charge is 2.47. The second kappa shape index (κ2) is 9.87. The predicted molar refractivity (Wildman–Crippen MR) is 115 cm³/mol. The van der Waals surface area contributed by atoms with Gasteiger partial charge in [0.1, 0.15) is 5.92 Å². The maximum Gasteiger partial charge on any atom is 0.409 e. The number of amides is 3. The molecule has 2 aliphatic heterocycles. The number of carbonyl (C=O) groups is 4. The maximum atomic E-state index is 12.9. The number of carbonyl (C=O) groups excluding carboxylic acids is 4. The van der Waals surface area contributed by atoms with E-state index in [1.807, 2.05) is 0 Å². The van der Waals surface area contributed by atoms with Crippen molar-refractivity contribution in [2.45, 2.75) is 32.4 Å². The van der Waals surface area contributed by atoms with Gasteiger partial charge in [0.05, 0.1) is 16.7 Å². The Bertz CT molecular complexity index is 886. The number of nitrogens with zero attached hydrogens (tertiary/aromatic N) is 3. The van der Waals surface area contributed by atoms with Crippen molar-refractivity contribution >= 4 is 46.9 Å². The zero-order valence-corrected chi connectivity index (χ0v) is 19.0. The Morgan fingerprint density at radius 3 is 2.45 bits per heavy atom. The standard InChI is InChI=1S/C21H25Cl2N3O5/c1-3-31-21(30)25-8-6-14(7-9-25)26-12-15(18(27)20(26)29)19(28)24(2)11-13-4-5-16(22)17(23)10-13/h4-5,10,14-15H,3,6-9,11-12H2,1-2H3. The number of benzene rings is 1. The van der Waals surface area contributed by atoms with Gasteiger partial charge in [-0.05, 0) is 37.5 Å². The maximum absolute atomic E-state index is 12.9. The lowest BCUT2D eigenvalue weighted by molar-refractivity contribution is -0.145. The highest BCUT2D eigenvalue weighted by Crippen LogP contribution is 2.26. The Balaban J connectivity index is 1.60. The molecule has 3 rings (SSSR count). The fourth-order valence-electron chi connectivity index (χ4n) is 3.99. The van der Waals surface area contributed by atoms with Crippen molar-refractivity contribution in [1.29, 1.82) is 0 Å². The van der Waals surface area contributed by atoms with E-state index in [1.54, 1.807) is 37.1 Å². The van der Waals surface area contributed by atoms with E-state index in [2.05, 4.69) is 0 Å². The van der Waals surface area contributed by atoms with Gasteiger partial charge in [-0.2, -0.15) is 0 Å². The lowest BCUT2D eigenvalue weighted by atomic mass is 10.0. The molecule has 0 aliphatic carbocycles. The van der Waals surface area contributed by atoms with Crippen LogP contribution < -0.4 is 0 Å². The summed E-state index contributed by atoms with van der Waals surface area (Å²) in [6, 6.07) is 4.88. The van der Waals surface area contributed by atoms with Crippen LogP contribution >= 0.6 is 23.2 Å². The number of likely N-dealkylation sites (tertiary alicyclic amines) is 2. The number of ether oxygens (including phenoxy) is 1. The molecule has 1 atom stereocenters. The smallest absolute Gasteiger partial charge is 0.409 e. The fourth-order valence-corrected chi connectivity index (χ4v) is 4.31. The molecule has 8 nitrogen and oxygen atoms in total. The molecule has 0 aromatic heterocycles. The van der Waals surface area contributed by atoms with Crippen molar-refractivity contribution in [3.05, 3.63) is 33.8 Å². The molecule has 2 aliphatic rings. The second-order valence-corrected chi connectivity index (χ2v) is 8.55. The first-order valence-corrected chi connectivity index (χ1v) is 10.9. The van der Waals surface area contributed by atoms with E-state index in [0.717, 1.165) is 5.56 Å². The minimum atomic E-state index is -1.02. The first-order valence-electron chi connectivity index (χ1n) is 10.2. The minimum absolute atomic E-state index is 0.0618. The van der Waals surface area contributed by atoms with Crippen LogP contribution in [0.25, 0.3) is 0 Å². The van der Waals surface area contributed by atoms with E-state index >= 15 is 0 Å². The van der Waals surface area contributed by atoms with Gasteiger partial charge in [0.25, 0.3) is 5.91 Å². The summed E-state index contributed by atoms with van der Waals surface area (Å²) in [5.74, 6) is -2.74. The normalized spacial score (nSPS) is 19.7. The van der Waals surface area contributed by atoms with E-state index < -0.39 is 23.5 Å². The van der Waals surface area contributed by atoms with Crippen molar-refractivity contribution in [3.8, 4) is 0 Å². The van der Waals surface area contributed by atoms with Crippen LogP contribution in [0.5, 0.6) is 0 Å². The first-order chi connectivity index (χ1) is 14.7. The van der Waals surface area contributed by atoms with Gasteiger partial charge in [0.15, 0.2) is 0 Å². The molecule has 2 saturated heterocycles. The quantitative estimate of drug-likeness (QED) is 0.488. The van der Waals surface area contributed by atoms with Gasteiger partial charge in [-0.3, -0.25) is 14.4 Å². The number of rotatable bonds is 5. The third kappa shape index (κ3) is 5.13. The van der Waals surface area contributed by atoms with E-state index in [4.69, 9.17) is 27.9 Å². The summed E-state index contributed by atoms with van der Waals surface area (Å²) < 4.78 is 5.00. The number of hydrogen-bond donors (Lipinski definition) is 0. The van der Waals surface area contributed by atoms with Crippen LogP contribution in [0.2, 0.25) is 10.0 Å². The summed E-state index contributed by atoms with van der Waals surface area (Å²) >= 11 is 11.9. The van der Waals surface area contributed by atoms with Crippen molar-refractivity contribution in [2.75, 3.05) is 33.3 Å². The molecule has 0 spiro atoms. The molecule has 0 radical (unpaired) electrons. The van der Waals surface area contributed by atoms with Gasteiger partial charge in [-0.25, -0.2) is 4.79 Å². The van der Waals surface area contributed by atoms with Crippen LogP contribution in [0, 0.1) is 5.92 Å². The minimum Gasteiger partial charge on any atom is -0.450 e. The van der Waals surface area contributed by atoms with Gasteiger partial charge in [-0.15, -0.1) is 0 Å². The molecule has 2 fully saturated rings. The van der Waals surface area contributed by atoms with Crippen molar-refractivity contribution < 1.29 is 23.9 Å². The third-order valence-electron chi connectivity index (χ3n) is 5.68. The van der Waals surface area contributed by atoms with E-state index in [-0.39, 0.29) is 25.2 Å². The molecule has 0 saturated carbocycles. The average Bonchev–Trinajstić information content (AvgIpc) is 3.05. The Labute approximate surface area is 191 Å². The van der Waals surface area contributed by atoms with Crippen molar-refractivity contribution in [3.63, 3.8) is 0 Å². The van der Waals surface area contributed by atoms with Gasteiger partial charge in [0, 0.05) is 39.3 Å². The zero-order chi connectivity index (χ0) is 22.7. The molecule has 168 valence electrons. The van der Waals surface area contributed by atoms with Gasteiger partial charge in [0.2, 0.25) is 11.7 Å². The highest BCUT2D eigenvalue weighted by molar-refractivity contribution is 6.42. The van der Waals surface area contributed by atoms with Crippen LogP contribution in [-0.2, 0) is 25.7 Å². The summed E-state index contributed by atoms with van der Waals surface area (Å²) in [6.45, 7) is 3.23. The number of Topliss-reactive ketones (excluding diaryl/α,β-unsaturated/α-hetero) is 1. The molecule has 31 heavy (non-hydrogen) atoms. The lowest BCUT2D eigenvalue weighted by Crippen LogP contribution is -2.48. The molecule has 1 unspecified atom stereocenters. The molecule has 0 N–H and O–H groups in total. The Hall–Kier alpha value is -2.32. The molecular weight excluding hydrogens is 445 g/mol. The molecule has 10 heteroatoms. The highest BCUT2D eigenvalue weighted by atomic mass is 35.5. The van der Waals surface area contributed by atoms with Crippen molar-refractivity contribution in [2.24, 2.45) is 5.92 Å². The van der Waals surface area contributed by atoms with Gasteiger partial charge < -0.3 is 19.4 Å². The molecular formula is C21H25Cl2N3O5. The third-order valence-corrected chi connectivity index (χ3v) is 6.42. The molecule has 1 aromatic carbocycles. The summed E-state index contributed by atoms with van der Waals surface area (Å²) in [5.41, 5.74) is 0.769. The Morgan fingerprint density at radius 2 is 1.84 bits per heavy atom. The molecule has 0 bridgehead atoms. The fraction of sp³-hybridized carbons (Fsp3) is 0.524. The summed E-state index contributed by atoms with van der Waals surface area (Å²) in [4.78, 5) is 54.4. The van der Waals surface area contributed by atoms with E-state index in [0.29, 0.717) is 42.6 Å². The Kier molecular flexibility index (Phi) is 7.43. The van der Waals surface area contributed by atoms with Crippen LogP contribution in [0.3, 0.4) is 0 Å². The molecule has 2 heterocycles. The number of halogens is 2. The van der Waals surface area contributed by atoms with Gasteiger partial charge >= 0.3 is 6.09 Å². The summed E-state index contributed by atoms with van der Waals surface area (Å²) in [7, 11) is 1.59. The number of hydrogen-bond acceptors (Lipinski definition) is 5. The van der Waals surface area contributed by atoms with Crippen LogP contribution in [-0.4, -0.2) is 77.7 Å². The monoisotopic (exact) mass is 469 g/mol. The first kappa shape index (κ1) is 23.3. The number of piperidine rings is 1. The van der Waals surface area contributed by atoms with Gasteiger partial charge in [-0.1, -0.05) is 29.3 Å². The van der Waals surface area contributed by atoms with E-state index in [9.17, 15) is 19.2 Å². The largest absolute Gasteiger partial charge is 0.450 e. The molecule has 3 amide bonds. The molecule has 1 aromatic rings. The number of ketones is 1.